The fourth-order valence-electron chi connectivity index (χ4n) is 2.82. The minimum absolute atomic E-state index is 0.161. The van der Waals surface area contributed by atoms with Gasteiger partial charge in [0.05, 0.1) is 31.5 Å². The molecule has 1 aliphatic rings. The molecule has 9 nitrogen and oxygen atoms in total. The maximum atomic E-state index is 12.7. The zero-order valence-corrected chi connectivity index (χ0v) is 18.2. The Morgan fingerprint density at radius 3 is 2.40 bits per heavy atom. The van der Waals surface area contributed by atoms with Crippen molar-refractivity contribution in [2.24, 2.45) is 0 Å². The summed E-state index contributed by atoms with van der Waals surface area (Å²) in [4.78, 5) is 29.2. The van der Waals surface area contributed by atoms with E-state index in [4.69, 9.17) is 18.9 Å². The normalized spacial score (nSPS) is 21.9. The Balaban J connectivity index is 3.17. The number of hydrogen-bond donors (Lipinski definition) is 1. The van der Waals surface area contributed by atoms with Crippen molar-refractivity contribution >= 4 is 11.9 Å². The van der Waals surface area contributed by atoms with Crippen LogP contribution in [0.5, 0.6) is 0 Å². The number of allylic oxidation sites excluding steroid dienone is 1. The van der Waals surface area contributed by atoms with Crippen LogP contribution in [-0.2, 0) is 33.5 Å². The Morgan fingerprint density at radius 2 is 1.87 bits per heavy atom. The molecule has 0 bridgehead atoms. The van der Waals surface area contributed by atoms with Crippen LogP contribution in [-0.4, -0.2) is 73.0 Å². The Bertz CT molecular complexity index is 697. The van der Waals surface area contributed by atoms with Gasteiger partial charge in [0.2, 0.25) is 5.79 Å². The summed E-state index contributed by atoms with van der Waals surface area (Å²) in [6.07, 6.45) is -1.90. The number of halogens is 1. The van der Waals surface area contributed by atoms with Gasteiger partial charge in [0, 0.05) is 19.4 Å². The van der Waals surface area contributed by atoms with Crippen molar-refractivity contribution < 1.29 is 43.1 Å². The molecular formula is C20H30FNO8. The number of nitrogens with zero attached hydrogens (tertiary/aromatic N) is 1. The second-order valence-corrected chi connectivity index (χ2v) is 6.96. The molecule has 0 saturated carbocycles. The van der Waals surface area contributed by atoms with E-state index in [1.807, 2.05) is 0 Å². The summed E-state index contributed by atoms with van der Waals surface area (Å²) < 4.78 is 33.9. The topological polar surface area (TPSA) is 104 Å². The largest absolute Gasteiger partial charge is 0.463 e. The molecular weight excluding hydrogens is 401 g/mol. The van der Waals surface area contributed by atoms with Crippen LogP contribution in [0.25, 0.3) is 0 Å². The minimum atomic E-state index is -1.53. The predicted molar refractivity (Wildman–Crippen MR) is 103 cm³/mol. The third kappa shape index (κ3) is 7.25. The first kappa shape index (κ1) is 25.8. The maximum Gasteiger partial charge on any atom is 0.384 e. The maximum absolute atomic E-state index is 12.7. The lowest BCUT2D eigenvalue weighted by Gasteiger charge is -2.27. The number of aliphatic hydroxyl groups is 1. The van der Waals surface area contributed by atoms with Gasteiger partial charge in [-0.2, -0.15) is 4.94 Å². The second kappa shape index (κ2) is 11.9. The number of carbonyl (C=O) groups excluding carboxylic acids is 2. The number of ether oxygens (including phenoxy) is 4. The molecule has 10 heteroatoms. The van der Waals surface area contributed by atoms with Gasteiger partial charge in [0.15, 0.2) is 0 Å². The predicted octanol–water partition coefficient (Wildman–Crippen LogP) is 1.45. The summed E-state index contributed by atoms with van der Waals surface area (Å²) in [5.74, 6) is 2.09. The van der Waals surface area contributed by atoms with E-state index in [1.54, 1.807) is 20.9 Å². The van der Waals surface area contributed by atoms with Gasteiger partial charge in [-0.1, -0.05) is 0 Å². The molecule has 1 heterocycles. The second-order valence-electron chi connectivity index (χ2n) is 6.96. The van der Waals surface area contributed by atoms with Crippen LogP contribution >= 0.6 is 0 Å². The summed E-state index contributed by atoms with van der Waals surface area (Å²) in [7, 11) is 1.61. The van der Waals surface area contributed by atoms with Crippen LogP contribution < -0.4 is 0 Å². The van der Waals surface area contributed by atoms with Crippen LogP contribution in [0.15, 0.2) is 11.3 Å². The molecule has 170 valence electrons. The van der Waals surface area contributed by atoms with Gasteiger partial charge in [-0.05, 0) is 45.1 Å². The van der Waals surface area contributed by atoms with Crippen molar-refractivity contribution in [3.63, 3.8) is 0 Å². The van der Waals surface area contributed by atoms with Crippen molar-refractivity contribution in [2.45, 2.75) is 65.3 Å². The molecule has 30 heavy (non-hydrogen) atoms. The van der Waals surface area contributed by atoms with E-state index in [1.165, 1.54) is 25.7 Å². The fourth-order valence-corrected chi connectivity index (χ4v) is 2.82. The van der Waals surface area contributed by atoms with E-state index in [0.29, 0.717) is 0 Å². The Kier molecular flexibility index (Phi) is 10.2. The molecule has 0 aromatic carbocycles. The number of rotatable bonds is 9. The van der Waals surface area contributed by atoms with Gasteiger partial charge in [-0.3, -0.25) is 0 Å². The molecule has 3 atom stereocenters. The van der Waals surface area contributed by atoms with Gasteiger partial charge in [0.1, 0.15) is 18.0 Å². The van der Waals surface area contributed by atoms with Gasteiger partial charge in [-0.15, -0.1) is 0 Å². The zero-order valence-electron chi connectivity index (χ0n) is 18.2. The molecule has 0 spiro atoms. The highest BCUT2D eigenvalue weighted by Gasteiger charge is 2.42. The zero-order chi connectivity index (χ0) is 22.9. The first-order valence-corrected chi connectivity index (χ1v) is 9.63. The van der Waals surface area contributed by atoms with Gasteiger partial charge in [0.25, 0.3) is 0 Å². The van der Waals surface area contributed by atoms with E-state index in [0.717, 1.165) is 0 Å². The lowest BCUT2D eigenvalue weighted by molar-refractivity contribution is -0.344. The lowest BCUT2D eigenvalue weighted by atomic mass is 10.1. The van der Waals surface area contributed by atoms with Crippen LogP contribution in [0.2, 0.25) is 0 Å². The average molecular weight is 431 g/mol. The van der Waals surface area contributed by atoms with Crippen molar-refractivity contribution in [2.75, 3.05) is 26.9 Å². The summed E-state index contributed by atoms with van der Waals surface area (Å²) >= 11 is 0. The highest BCUT2D eigenvalue weighted by molar-refractivity contribution is 5.92. The van der Waals surface area contributed by atoms with Gasteiger partial charge >= 0.3 is 11.9 Å². The minimum Gasteiger partial charge on any atom is -0.463 e. The molecule has 0 aromatic heterocycles. The third-order valence-electron chi connectivity index (χ3n) is 4.26. The Hall–Kier alpha value is -2.19. The Morgan fingerprint density at radius 1 is 1.23 bits per heavy atom. The molecule has 2 unspecified atom stereocenters. The molecule has 1 saturated heterocycles. The molecule has 0 aliphatic carbocycles. The first-order chi connectivity index (χ1) is 14.1. The van der Waals surface area contributed by atoms with Crippen molar-refractivity contribution in [3.8, 4) is 11.8 Å². The van der Waals surface area contributed by atoms with Gasteiger partial charge < -0.3 is 29.0 Å². The third-order valence-corrected chi connectivity index (χ3v) is 4.26. The summed E-state index contributed by atoms with van der Waals surface area (Å²) in [6.45, 7) is 7.56. The summed E-state index contributed by atoms with van der Waals surface area (Å²) in [5.41, 5.74) is 0.349. The van der Waals surface area contributed by atoms with Crippen LogP contribution in [0.3, 0.4) is 0 Å². The van der Waals surface area contributed by atoms with Crippen LogP contribution in [0, 0.1) is 11.8 Å². The SMILES string of the molecule is CCOC(=O)C#C/C(=C(/C)C(=O)OCC)N(C)C1C[C@H](OC(C)(C)OF)C(CO)O1. The molecule has 1 rings (SSSR count). The van der Waals surface area contributed by atoms with E-state index in [-0.39, 0.29) is 37.5 Å². The molecule has 1 fully saturated rings. The van der Waals surface area contributed by atoms with Crippen molar-refractivity contribution in [1.82, 2.24) is 4.90 Å². The summed E-state index contributed by atoms with van der Waals surface area (Å²) in [6, 6.07) is 0. The smallest absolute Gasteiger partial charge is 0.384 e. The van der Waals surface area contributed by atoms with Crippen molar-refractivity contribution in [3.05, 3.63) is 11.3 Å². The van der Waals surface area contributed by atoms with Crippen molar-refractivity contribution in [1.29, 1.82) is 0 Å². The van der Waals surface area contributed by atoms with E-state index >= 15 is 0 Å². The number of carbonyl (C=O) groups is 2. The standard InChI is InChI=1S/C20H30FNO8/c1-7-26-18(24)10-9-14(13(3)19(25)27-8-2)22(6)17-11-15(16(12-23)28-17)29-20(4,5)30-21/h15-17,23H,7-8,11-12H2,1-6H3/b14-13+/t15-,16?,17?/m0/s1. The van der Waals surface area contributed by atoms with E-state index < -0.39 is 36.2 Å². The van der Waals surface area contributed by atoms with Crippen LogP contribution in [0.1, 0.15) is 41.0 Å². The highest BCUT2D eigenvalue weighted by Crippen LogP contribution is 2.31. The molecule has 1 aliphatic heterocycles. The monoisotopic (exact) mass is 431 g/mol. The average Bonchev–Trinajstić information content (AvgIpc) is 3.10. The number of esters is 2. The fraction of sp³-hybridized carbons (Fsp3) is 0.700. The van der Waals surface area contributed by atoms with E-state index in [9.17, 15) is 19.2 Å². The number of aliphatic hydroxyl groups excluding tert-OH is 1. The van der Waals surface area contributed by atoms with E-state index in [2.05, 4.69) is 16.8 Å². The van der Waals surface area contributed by atoms with Crippen LogP contribution in [0.4, 0.5) is 4.53 Å². The number of hydrogen-bond acceptors (Lipinski definition) is 9. The quantitative estimate of drug-likeness (QED) is 0.191. The van der Waals surface area contributed by atoms with Gasteiger partial charge in [-0.25, -0.2) is 9.59 Å². The molecule has 0 radical (unpaired) electrons. The first-order valence-electron chi connectivity index (χ1n) is 9.63. The molecule has 0 amide bonds. The molecule has 0 aromatic rings. The molecule has 1 N–H and O–H groups in total. The highest BCUT2D eigenvalue weighted by atomic mass is 19.3. The lowest BCUT2D eigenvalue weighted by Crippen LogP contribution is -2.37. The Labute approximate surface area is 175 Å². The summed E-state index contributed by atoms with van der Waals surface area (Å²) in [5, 5.41) is 9.61.